The van der Waals surface area contributed by atoms with Crippen molar-refractivity contribution in [2.24, 2.45) is 5.41 Å². The summed E-state index contributed by atoms with van der Waals surface area (Å²) in [5, 5.41) is 2.77. The van der Waals surface area contributed by atoms with Gasteiger partial charge in [-0.15, -0.1) is 0 Å². The Morgan fingerprint density at radius 3 is 2.86 bits per heavy atom. The van der Waals surface area contributed by atoms with Gasteiger partial charge in [-0.1, -0.05) is 6.92 Å². The SMILES string of the molecule is CC1(C(=O)N2CCCNC(=O)C2)CC1. The summed E-state index contributed by atoms with van der Waals surface area (Å²) in [5.74, 6) is 0.134. The van der Waals surface area contributed by atoms with E-state index >= 15 is 0 Å². The number of carbonyl (C=O) groups is 2. The Balaban J connectivity index is 2.01. The molecule has 0 aromatic rings. The van der Waals surface area contributed by atoms with Crippen molar-refractivity contribution < 1.29 is 9.59 Å². The molecule has 0 aromatic heterocycles. The molecule has 1 N–H and O–H groups in total. The molecule has 0 bridgehead atoms. The van der Waals surface area contributed by atoms with Crippen LogP contribution in [0.3, 0.4) is 0 Å². The highest BCUT2D eigenvalue weighted by atomic mass is 16.2. The van der Waals surface area contributed by atoms with E-state index in [1.807, 2.05) is 6.92 Å². The average molecular weight is 196 g/mol. The van der Waals surface area contributed by atoms with Crippen LogP contribution in [-0.4, -0.2) is 36.3 Å². The van der Waals surface area contributed by atoms with Crippen molar-refractivity contribution in [2.45, 2.75) is 26.2 Å². The van der Waals surface area contributed by atoms with Crippen LogP contribution >= 0.6 is 0 Å². The van der Waals surface area contributed by atoms with Crippen LogP contribution in [0.25, 0.3) is 0 Å². The number of amides is 2. The predicted octanol–water partition coefficient (Wildman–Crippen LogP) is 0.135. The Hall–Kier alpha value is -1.06. The maximum absolute atomic E-state index is 11.9. The minimum absolute atomic E-state index is 0.0277. The summed E-state index contributed by atoms with van der Waals surface area (Å²) in [6, 6.07) is 0. The quantitative estimate of drug-likeness (QED) is 0.648. The highest BCUT2D eigenvalue weighted by Gasteiger charge is 2.47. The lowest BCUT2D eigenvalue weighted by Crippen LogP contribution is -2.40. The van der Waals surface area contributed by atoms with Crippen LogP contribution in [0.4, 0.5) is 0 Å². The first-order valence-corrected chi connectivity index (χ1v) is 5.18. The zero-order chi connectivity index (χ0) is 10.2. The van der Waals surface area contributed by atoms with E-state index in [4.69, 9.17) is 0 Å². The Morgan fingerprint density at radius 2 is 2.21 bits per heavy atom. The van der Waals surface area contributed by atoms with E-state index in [1.165, 1.54) is 0 Å². The van der Waals surface area contributed by atoms with Gasteiger partial charge in [0.2, 0.25) is 11.8 Å². The number of nitrogens with one attached hydrogen (secondary N) is 1. The normalized spacial score (nSPS) is 25.2. The smallest absolute Gasteiger partial charge is 0.239 e. The molecule has 0 radical (unpaired) electrons. The fourth-order valence-corrected chi connectivity index (χ4v) is 1.76. The van der Waals surface area contributed by atoms with E-state index in [2.05, 4.69) is 5.32 Å². The third kappa shape index (κ3) is 1.74. The van der Waals surface area contributed by atoms with Gasteiger partial charge in [0.1, 0.15) is 0 Å². The molecule has 0 spiro atoms. The van der Waals surface area contributed by atoms with Crippen LogP contribution in [0, 0.1) is 5.41 Å². The summed E-state index contributed by atoms with van der Waals surface area (Å²) in [6.45, 7) is 3.64. The number of rotatable bonds is 1. The zero-order valence-electron chi connectivity index (χ0n) is 8.51. The molecule has 14 heavy (non-hydrogen) atoms. The largest absolute Gasteiger partial charge is 0.354 e. The van der Waals surface area contributed by atoms with Crippen LogP contribution in [-0.2, 0) is 9.59 Å². The topological polar surface area (TPSA) is 49.4 Å². The second kappa shape index (κ2) is 3.26. The molecule has 2 aliphatic rings. The Bertz CT molecular complexity index is 271. The second-order valence-electron chi connectivity index (χ2n) is 4.49. The van der Waals surface area contributed by atoms with Gasteiger partial charge in [0.05, 0.1) is 6.54 Å². The lowest BCUT2D eigenvalue weighted by Gasteiger charge is -2.22. The molecule has 2 amide bonds. The molecule has 0 aromatic carbocycles. The molecule has 1 saturated heterocycles. The van der Waals surface area contributed by atoms with Crippen LogP contribution in [0.15, 0.2) is 0 Å². The van der Waals surface area contributed by atoms with Crippen molar-refractivity contribution in [3.63, 3.8) is 0 Å². The molecule has 0 unspecified atom stereocenters. The van der Waals surface area contributed by atoms with Gasteiger partial charge in [-0.2, -0.15) is 0 Å². The zero-order valence-corrected chi connectivity index (χ0v) is 8.51. The Kier molecular flexibility index (Phi) is 2.21. The maximum atomic E-state index is 11.9. The van der Waals surface area contributed by atoms with E-state index in [-0.39, 0.29) is 23.8 Å². The maximum Gasteiger partial charge on any atom is 0.239 e. The fraction of sp³-hybridized carbons (Fsp3) is 0.800. The van der Waals surface area contributed by atoms with Crippen LogP contribution < -0.4 is 5.32 Å². The predicted molar refractivity (Wildman–Crippen MR) is 51.5 cm³/mol. The summed E-state index contributed by atoms with van der Waals surface area (Å²) in [5.41, 5.74) is -0.148. The van der Waals surface area contributed by atoms with Crippen LogP contribution in [0.1, 0.15) is 26.2 Å². The third-order valence-corrected chi connectivity index (χ3v) is 3.06. The molecule has 4 nitrogen and oxygen atoms in total. The fourth-order valence-electron chi connectivity index (χ4n) is 1.76. The van der Waals surface area contributed by atoms with Crippen molar-refractivity contribution in [3.8, 4) is 0 Å². The van der Waals surface area contributed by atoms with Gasteiger partial charge < -0.3 is 10.2 Å². The van der Waals surface area contributed by atoms with E-state index in [9.17, 15) is 9.59 Å². The van der Waals surface area contributed by atoms with Gasteiger partial charge >= 0.3 is 0 Å². The van der Waals surface area contributed by atoms with Gasteiger partial charge in [-0.25, -0.2) is 0 Å². The first-order valence-electron chi connectivity index (χ1n) is 5.18. The molecule has 1 aliphatic carbocycles. The molecule has 1 aliphatic heterocycles. The van der Waals surface area contributed by atoms with E-state index in [1.54, 1.807) is 4.90 Å². The molecule has 1 saturated carbocycles. The summed E-state index contributed by atoms with van der Waals surface area (Å²) in [6.07, 6.45) is 2.82. The third-order valence-electron chi connectivity index (χ3n) is 3.06. The summed E-state index contributed by atoms with van der Waals surface area (Å²) in [7, 11) is 0. The number of hydrogen-bond donors (Lipinski definition) is 1. The number of carbonyl (C=O) groups excluding carboxylic acids is 2. The van der Waals surface area contributed by atoms with Crippen molar-refractivity contribution in [2.75, 3.05) is 19.6 Å². The lowest BCUT2D eigenvalue weighted by atomic mass is 10.1. The molecule has 2 fully saturated rings. The van der Waals surface area contributed by atoms with Gasteiger partial charge in [0.25, 0.3) is 0 Å². The molecule has 78 valence electrons. The summed E-state index contributed by atoms with van der Waals surface area (Å²) >= 11 is 0. The van der Waals surface area contributed by atoms with Crippen LogP contribution in [0.2, 0.25) is 0 Å². The Labute approximate surface area is 83.6 Å². The highest BCUT2D eigenvalue weighted by Crippen LogP contribution is 2.46. The van der Waals surface area contributed by atoms with Crippen LogP contribution in [0.5, 0.6) is 0 Å². The lowest BCUT2D eigenvalue weighted by molar-refractivity contribution is -0.139. The summed E-state index contributed by atoms with van der Waals surface area (Å²) < 4.78 is 0. The first kappa shape index (κ1) is 9.49. The van der Waals surface area contributed by atoms with Gasteiger partial charge in [-0.3, -0.25) is 9.59 Å². The van der Waals surface area contributed by atoms with Crippen molar-refractivity contribution in [1.82, 2.24) is 10.2 Å². The molecule has 1 heterocycles. The number of hydrogen-bond acceptors (Lipinski definition) is 2. The first-order chi connectivity index (χ1) is 6.62. The van der Waals surface area contributed by atoms with E-state index in [0.717, 1.165) is 19.3 Å². The monoisotopic (exact) mass is 196 g/mol. The minimum atomic E-state index is -0.148. The van der Waals surface area contributed by atoms with Crippen molar-refractivity contribution >= 4 is 11.8 Å². The van der Waals surface area contributed by atoms with E-state index < -0.39 is 0 Å². The average Bonchev–Trinajstić information content (AvgIpc) is 2.91. The van der Waals surface area contributed by atoms with Crippen molar-refractivity contribution in [1.29, 1.82) is 0 Å². The van der Waals surface area contributed by atoms with Gasteiger partial charge in [0.15, 0.2) is 0 Å². The standard InChI is InChI=1S/C10H16N2O2/c1-10(3-4-10)9(14)12-6-2-5-11-8(13)7-12/h2-7H2,1H3,(H,11,13). The molecular weight excluding hydrogens is 180 g/mol. The molecule has 2 rings (SSSR count). The highest BCUT2D eigenvalue weighted by molar-refractivity contribution is 5.89. The molecule has 4 heteroatoms. The van der Waals surface area contributed by atoms with E-state index in [0.29, 0.717) is 13.1 Å². The summed E-state index contributed by atoms with van der Waals surface area (Å²) in [4.78, 5) is 24.9. The van der Waals surface area contributed by atoms with Gasteiger partial charge in [-0.05, 0) is 19.3 Å². The second-order valence-corrected chi connectivity index (χ2v) is 4.49. The molecule has 0 atom stereocenters. The van der Waals surface area contributed by atoms with Crippen molar-refractivity contribution in [3.05, 3.63) is 0 Å². The minimum Gasteiger partial charge on any atom is -0.354 e. The Morgan fingerprint density at radius 1 is 1.50 bits per heavy atom. The van der Waals surface area contributed by atoms with Gasteiger partial charge in [0, 0.05) is 18.5 Å². The molecular formula is C10H16N2O2. The number of nitrogens with zero attached hydrogens (tertiary/aromatic N) is 1.